The van der Waals surface area contributed by atoms with Crippen molar-refractivity contribution in [2.24, 2.45) is 0 Å². The van der Waals surface area contributed by atoms with Gasteiger partial charge < -0.3 is 9.73 Å². The molecule has 0 radical (unpaired) electrons. The molecule has 1 amide bonds. The molecule has 0 aliphatic heterocycles. The number of oxazole rings is 1. The molecule has 0 unspecified atom stereocenters. The molecular weight excluding hydrogens is 384 g/mol. The van der Waals surface area contributed by atoms with E-state index in [4.69, 9.17) is 9.40 Å². The topological polar surface area (TPSA) is 55.1 Å². The van der Waals surface area contributed by atoms with Gasteiger partial charge in [-0.1, -0.05) is 92.7 Å². The van der Waals surface area contributed by atoms with E-state index in [1.54, 1.807) is 0 Å². The molecule has 0 spiro atoms. The van der Waals surface area contributed by atoms with Crippen molar-refractivity contribution in [1.29, 1.82) is 0 Å². The largest absolute Gasteiger partial charge is 0.440 e. The first-order valence-electron chi connectivity index (χ1n) is 10.6. The van der Waals surface area contributed by atoms with Gasteiger partial charge in [-0.3, -0.25) is 4.79 Å². The van der Waals surface area contributed by atoms with Crippen LogP contribution < -0.4 is 5.32 Å². The summed E-state index contributed by atoms with van der Waals surface area (Å²) in [6.45, 7) is 4.24. The Labute approximate surface area is 183 Å². The second-order valence-electron chi connectivity index (χ2n) is 7.81. The van der Waals surface area contributed by atoms with E-state index in [1.807, 2.05) is 84.9 Å². The molecule has 4 aromatic rings. The van der Waals surface area contributed by atoms with Crippen LogP contribution in [-0.2, 0) is 11.2 Å². The van der Waals surface area contributed by atoms with Crippen molar-refractivity contribution in [1.82, 2.24) is 4.98 Å². The van der Waals surface area contributed by atoms with E-state index in [0.29, 0.717) is 24.7 Å². The molecule has 1 aromatic heterocycles. The molecule has 0 saturated heterocycles. The highest BCUT2D eigenvalue weighted by atomic mass is 16.4. The first-order valence-corrected chi connectivity index (χ1v) is 10.6. The monoisotopic (exact) mass is 410 g/mol. The molecule has 0 aliphatic rings. The van der Waals surface area contributed by atoms with Gasteiger partial charge >= 0.3 is 0 Å². The number of nitrogens with one attached hydrogen (secondary N) is 1. The summed E-state index contributed by atoms with van der Waals surface area (Å²) >= 11 is 0. The summed E-state index contributed by atoms with van der Waals surface area (Å²) in [7, 11) is 0. The first kappa shape index (κ1) is 20.6. The normalized spacial score (nSPS) is 10.9. The SMILES string of the molecule is CC(C)c1ccccc1NC(=O)CCc1nc(-c2ccccc2)c(-c2ccccc2)o1. The van der Waals surface area contributed by atoms with Crippen molar-refractivity contribution >= 4 is 11.6 Å². The van der Waals surface area contributed by atoms with Crippen LogP contribution in [0.15, 0.2) is 89.3 Å². The lowest BCUT2D eigenvalue weighted by Crippen LogP contribution is -2.14. The fraction of sp³-hybridized carbons (Fsp3) is 0.185. The molecule has 0 aliphatic carbocycles. The molecule has 4 rings (SSSR count). The Morgan fingerprint density at radius 1 is 0.871 bits per heavy atom. The van der Waals surface area contributed by atoms with E-state index >= 15 is 0 Å². The van der Waals surface area contributed by atoms with Gasteiger partial charge in [-0.15, -0.1) is 0 Å². The standard InChI is InChI=1S/C27H26N2O2/c1-19(2)22-15-9-10-16-23(22)28-24(30)17-18-25-29-26(20-11-5-3-6-12-20)27(31-25)21-13-7-4-8-14-21/h3-16,19H,17-18H2,1-2H3,(H,28,30). The summed E-state index contributed by atoms with van der Waals surface area (Å²) in [5.74, 6) is 1.58. The molecular formula is C27H26N2O2. The zero-order valence-electron chi connectivity index (χ0n) is 17.8. The van der Waals surface area contributed by atoms with Gasteiger partial charge in [0, 0.05) is 29.7 Å². The van der Waals surface area contributed by atoms with Gasteiger partial charge in [0.1, 0.15) is 5.69 Å². The van der Waals surface area contributed by atoms with Gasteiger partial charge in [0.15, 0.2) is 11.7 Å². The fourth-order valence-corrected chi connectivity index (χ4v) is 3.60. The van der Waals surface area contributed by atoms with Crippen molar-refractivity contribution in [2.75, 3.05) is 5.32 Å². The van der Waals surface area contributed by atoms with Gasteiger partial charge in [0.25, 0.3) is 0 Å². The average Bonchev–Trinajstić information content (AvgIpc) is 3.23. The van der Waals surface area contributed by atoms with Crippen LogP contribution in [0.25, 0.3) is 22.6 Å². The molecule has 1 heterocycles. The third-order valence-electron chi connectivity index (χ3n) is 5.18. The third kappa shape index (κ3) is 4.92. The Morgan fingerprint density at radius 3 is 2.16 bits per heavy atom. The number of anilines is 1. The summed E-state index contributed by atoms with van der Waals surface area (Å²) in [6.07, 6.45) is 0.734. The molecule has 0 atom stereocenters. The highest BCUT2D eigenvalue weighted by Crippen LogP contribution is 2.33. The van der Waals surface area contributed by atoms with E-state index in [2.05, 4.69) is 19.2 Å². The van der Waals surface area contributed by atoms with Crippen LogP contribution in [0.4, 0.5) is 5.69 Å². The van der Waals surface area contributed by atoms with E-state index < -0.39 is 0 Å². The van der Waals surface area contributed by atoms with E-state index in [1.165, 1.54) is 0 Å². The van der Waals surface area contributed by atoms with E-state index in [-0.39, 0.29) is 5.91 Å². The summed E-state index contributed by atoms with van der Waals surface area (Å²) in [4.78, 5) is 17.3. The van der Waals surface area contributed by atoms with Gasteiger partial charge in [-0.2, -0.15) is 0 Å². The summed E-state index contributed by atoms with van der Waals surface area (Å²) in [6, 6.07) is 27.8. The maximum Gasteiger partial charge on any atom is 0.224 e. The maximum atomic E-state index is 12.6. The van der Waals surface area contributed by atoms with Gasteiger partial charge in [0.05, 0.1) is 0 Å². The van der Waals surface area contributed by atoms with Crippen LogP contribution in [0.1, 0.15) is 37.6 Å². The summed E-state index contributed by atoms with van der Waals surface area (Å²) < 4.78 is 6.13. The molecule has 156 valence electrons. The molecule has 4 heteroatoms. The predicted molar refractivity (Wildman–Crippen MR) is 125 cm³/mol. The van der Waals surface area contributed by atoms with Crippen molar-refractivity contribution in [2.45, 2.75) is 32.6 Å². The zero-order chi connectivity index (χ0) is 21.6. The Balaban J connectivity index is 1.53. The zero-order valence-corrected chi connectivity index (χ0v) is 17.8. The van der Waals surface area contributed by atoms with Crippen molar-refractivity contribution in [3.63, 3.8) is 0 Å². The van der Waals surface area contributed by atoms with Crippen LogP contribution in [0.3, 0.4) is 0 Å². The summed E-state index contributed by atoms with van der Waals surface area (Å²) in [5, 5.41) is 3.04. The van der Waals surface area contributed by atoms with Crippen LogP contribution in [0.5, 0.6) is 0 Å². The number of nitrogens with zero attached hydrogens (tertiary/aromatic N) is 1. The number of hydrogen-bond acceptors (Lipinski definition) is 3. The Hall–Kier alpha value is -3.66. The molecule has 0 bridgehead atoms. The van der Waals surface area contributed by atoms with E-state index in [0.717, 1.165) is 33.8 Å². The number of amides is 1. The number of aromatic nitrogens is 1. The maximum absolute atomic E-state index is 12.6. The van der Waals surface area contributed by atoms with Gasteiger partial charge in [0.2, 0.25) is 5.91 Å². The van der Waals surface area contributed by atoms with Crippen molar-refractivity contribution in [3.05, 3.63) is 96.4 Å². The number of carbonyl (C=O) groups excluding carboxylic acids is 1. The predicted octanol–water partition coefficient (Wildman–Crippen LogP) is 6.70. The summed E-state index contributed by atoms with van der Waals surface area (Å²) in [5.41, 5.74) is 4.75. The van der Waals surface area contributed by atoms with Crippen molar-refractivity contribution < 1.29 is 9.21 Å². The number of para-hydroxylation sites is 1. The lowest BCUT2D eigenvalue weighted by atomic mass is 10.0. The second kappa shape index (κ2) is 9.43. The van der Waals surface area contributed by atoms with Gasteiger partial charge in [-0.05, 0) is 17.5 Å². The molecule has 4 nitrogen and oxygen atoms in total. The minimum Gasteiger partial charge on any atom is -0.440 e. The van der Waals surface area contributed by atoms with E-state index in [9.17, 15) is 4.79 Å². The molecule has 1 N–H and O–H groups in total. The lowest BCUT2D eigenvalue weighted by Gasteiger charge is -2.13. The number of aryl methyl sites for hydroxylation is 1. The van der Waals surface area contributed by atoms with Crippen LogP contribution in [-0.4, -0.2) is 10.9 Å². The lowest BCUT2D eigenvalue weighted by molar-refractivity contribution is -0.116. The Bertz CT molecular complexity index is 1090. The number of carbonyl (C=O) groups is 1. The third-order valence-corrected chi connectivity index (χ3v) is 5.18. The highest BCUT2D eigenvalue weighted by molar-refractivity contribution is 5.91. The number of benzene rings is 3. The molecule has 0 fully saturated rings. The highest BCUT2D eigenvalue weighted by Gasteiger charge is 2.18. The van der Waals surface area contributed by atoms with Crippen LogP contribution in [0.2, 0.25) is 0 Å². The second-order valence-corrected chi connectivity index (χ2v) is 7.81. The average molecular weight is 411 g/mol. The number of hydrogen-bond donors (Lipinski definition) is 1. The molecule has 3 aromatic carbocycles. The number of rotatable bonds is 7. The van der Waals surface area contributed by atoms with Gasteiger partial charge in [-0.25, -0.2) is 4.98 Å². The molecule has 0 saturated carbocycles. The molecule has 31 heavy (non-hydrogen) atoms. The quantitative estimate of drug-likeness (QED) is 0.369. The Morgan fingerprint density at radius 2 is 1.48 bits per heavy atom. The van der Waals surface area contributed by atoms with Crippen molar-refractivity contribution in [3.8, 4) is 22.6 Å². The minimum atomic E-state index is -0.0474. The first-order chi connectivity index (χ1) is 15.1. The smallest absolute Gasteiger partial charge is 0.224 e. The van der Waals surface area contributed by atoms with Crippen LogP contribution >= 0.6 is 0 Å². The fourth-order valence-electron chi connectivity index (χ4n) is 3.60. The minimum absolute atomic E-state index is 0.0474. The van der Waals surface area contributed by atoms with Crippen LogP contribution in [0, 0.1) is 0 Å². The Kier molecular flexibility index (Phi) is 6.27.